The number of hydrogen-bond donors (Lipinski definition) is 3. The minimum atomic E-state index is -0.0418. The van der Waals surface area contributed by atoms with Crippen molar-refractivity contribution >= 4 is 28.3 Å². The monoisotopic (exact) mass is 348 g/mol. The summed E-state index contributed by atoms with van der Waals surface area (Å²) in [6.45, 7) is 0. The second kappa shape index (κ2) is 5.16. The number of benzene rings is 1. The molecule has 0 radical (unpaired) electrons. The number of pyridine rings is 1. The predicted octanol–water partition coefficient (Wildman–Crippen LogP) is 2.47. The van der Waals surface area contributed by atoms with E-state index >= 15 is 0 Å². The van der Waals surface area contributed by atoms with Crippen molar-refractivity contribution in [1.82, 2.24) is 23.8 Å². The zero-order valence-electron chi connectivity index (χ0n) is 14.2. The van der Waals surface area contributed by atoms with Crippen LogP contribution in [0.5, 0.6) is 5.75 Å². The Morgan fingerprint density at radius 1 is 1.15 bits per heavy atom. The van der Waals surface area contributed by atoms with E-state index in [9.17, 15) is 4.79 Å². The lowest BCUT2D eigenvalue weighted by Crippen LogP contribution is -2.00. The molecule has 8 nitrogen and oxygen atoms in total. The molecule has 0 atom stereocenters. The Hall–Kier alpha value is -3.68. The third-order valence-electron chi connectivity index (χ3n) is 4.56. The number of nitrogens with zero attached hydrogens (tertiary/aromatic N) is 3. The van der Waals surface area contributed by atoms with E-state index in [-0.39, 0.29) is 5.43 Å². The number of fused-ring (bicyclic) bond motifs is 4. The van der Waals surface area contributed by atoms with E-state index in [2.05, 4.69) is 20.3 Å². The van der Waals surface area contributed by atoms with E-state index in [1.807, 2.05) is 40.2 Å². The highest BCUT2D eigenvalue weighted by atomic mass is 16.5. The van der Waals surface area contributed by atoms with Crippen molar-refractivity contribution in [3.8, 4) is 17.1 Å². The van der Waals surface area contributed by atoms with Gasteiger partial charge < -0.3 is 20.0 Å². The number of H-pyrrole nitrogens is 2. The number of anilines is 1. The molecule has 0 aliphatic rings. The number of ether oxygens (including phenoxy) is 1. The van der Waals surface area contributed by atoms with Crippen LogP contribution in [-0.2, 0) is 0 Å². The van der Waals surface area contributed by atoms with Crippen molar-refractivity contribution in [1.29, 1.82) is 0 Å². The van der Waals surface area contributed by atoms with Gasteiger partial charge in [-0.05, 0) is 12.1 Å². The highest BCUT2D eigenvalue weighted by Gasteiger charge is 2.16. The summed E-state index contributed by atoms with van der Waals surface area (Å²) in [5, 5.41) is 3.19. The molecular weight excluding hydrogens is 332 g/mol. The van der Waals surface area contributed by atoms with E-state index in [0.29, 0.717) is 0 Å². The van der Waals surface area contributed by atoms with Gasteiger partial charge in [-0.15, -0.1) is 0 Å². The van der Waals surface area contributed by atoms with Gasteiger partial charge >= 0.3 is 0 Å². The molecule has 130 valence electrons. The van der Waals surface area contributed by atoms with Gasteiger partial charge in [-0.1, -0.05) is 0 Å². The zero-order chi connectivity index (χ0) is 17.8. The van der Waals surface area contributed by atoms with Crippen LogP contribution in [-0.4, -0.2) is 37.9 Å². The molecule has 0 aliphatic carbocycles. The highest BCUT2D eigenvalue weighted by molar-refractivity contribution is 5.83. The molecule has 8 heteroatoms. The largest absolute Gasteiger partial charge is 0.497 e. The third-order valence-corrected chi connectivity index (χ3v) is 4.56. The van der Waals surface area contributed by atoms with Crippen molar-refractivity contribution < 1.29 is 4.74 Å². The van der Waals surface area contributed by atoms with Gasteiger partial charge in [0, 0.05) is 37.6 Å². The lowest BCUT2D eigenvalue weighted by Gasteiger charge is -2.02. The van der Waals surface area contributed by atoms with E-state index in [1.165, 1.54) is 6.07 Å². The summed E-state index contributed by atoms with van der Waals surface area (Å²) in [6, 6.07) is 8.88. The van der Waals surface area contributed by atoms with E-state index in [4.69, 9.17) is 4.74 Å². The summed E-state index contributed by atoms with van der Waals surface area (Å²) in [6.07, 6.45) is 3.73. The molecule has 0 unspecified atom stereocenters. The van der Waals surface area contributed by atoms with Crippen LogP contribution in [0.3, 0.4) is 0 Å². The second-order valence-electron chi connectivity index (χ2n) is 6.04. The SMILES string of the molecule is CNc1c(-c2cn3c(nc4ccc(OC)cc43)[nH]2)[nH]c2cc(=O)ccn12. The van der Waals surface area contributed by atoms with Crippen LogP contribution in [0, 0.1) is 0 Å². The van der Waals surface area contributed by atoms with Gasteiger partial charge in [-0.25, -0.2) is 4.98 Å². The standard InChI is InChI=1S/C18H16N6O2/c1-19-17-16(22-15-7-10(25)5-6-23(15)17)13-9-24-14-8-11(26-2)3-4-12(14)20-18(24)21-13/h3-9,19,22H,1-2H3,(H,20,21). The van der Waals surface area contributed by atoms with Crippen molar-refractivity contribution in [2.75, 3.05) is 19.5 Å². The van der Waals surface area contributed by atoms with Crippen LogP contribution in [0.25, 0.3) is 33.8 Å². The van der Waals surface area contributed by atoms with Crippen LogP contribution in [0.1, 0.15) is 0 Å². The van der Waals surface area contributed by atoms with Gasteiger partial charge in [-0.3, -0.25) is 13.6 Å². The number of methoxy groups -OCH3 is 1. The number of rotatable bonds is 3. The maximum atomic E-state index is 11.6. The summed E-state index contributed by atoms with van der Waals surface area (Å²) >= 11 is 0. The summed E-state index contributed by atoms with van der Waals surface area (Å²) in [5.41, 5.74) is 4.23. The van der Waals surface area contributed by atoms with Gasteiger partial charge in [0.25, 0.3) is 0 Å². The van der Waals surface area contributed by atoms with Gasteiger partial charge in [0.2, 0.25) is 5.78 Å². The summed E-state index contributed by atoms with van der Waals surface area (Å²) in [4.78, 5) is 22.9. The fourth-order valence-corrected chi connectivity index (χ4v) is 3.35. The van der Waals surface area contributed by atoms with Crippen molar-refractivity contribution in [2.45, 2.75) is 0 Å². The molecule has 0 fully saturated rings. The Morgan fingerprint density at radius 2 is 2.04 bits per heavy atom. The number of imidazole rings is 3. The van der Waals surface area contributed by atoms with E-state index in [0.717, 1.165) is 45.4 Å². The molecule has 4 aromatic heterocycles. The van der Waals surface area contributed by atoms with E-state index < -0.39 is 0 Å². The lowest BCUT2D eigenvalue weighted by atomic mass is 10.3. The van der Waals surface area contributed by atoms with Gasteiger partial charge in [0.15, 0.2) is 5.43 Å². The fraction of sp³-hybridized carbons (Fsp3) is 0.111. The first-order valence-corrected chi connectivity index (χ1v) is 8.15. The van der Waals surface area contributed by atoms with Gasteiger partial charge in [0.1, 0.15) is 22.9 Å². The Morgan fingerprint density at radius 3 is 2.85 bits per heavy atom. The normalized spacial score (nSPS) is 11.6. The Labute approximate surface area is 147 Å². The molecule has 5 rings (SSSR count). The highest BCUT2D eigenvalue weighted by Crippen LogP contribution is 2.29. The molecule has 0 saturated heterocycles. The molecule has 0 aliphatic heterocycles. The molecule has 26 heavy (non-hydrogen) atoms. The topological polar surface area (TPSA) is 91.6 Å². The fourth-order valence-electron chi connectivity index (χ4n) is 3.35. The number of aromatic amines is 2. The maximum absolute atomic E-state index is 11.6. The van der Waals surface area contributed by atoms with Crippen LogP contribution in [0.2, 0.25) is 0 Å². The molecular formula is C18H16N6O2. The molecule has 0 amide bonds. The first kappa shape index (κ1) is 14.6. The minimum Gasteiger partial charge on any atom is -0.497 e. The van der Waals surface area contributed by atoms with Gasteiger partial charge in [-0.2, -0.15) is 0 Å². The smallest absolute Gasteiger partial charge is 0.212 e. The molecule has 3 N–H and O–H groups in total. The molecule has 0 bridgehead atoms. The third kappa shape index (κ3) is 1.95. The first-order chi connectivity index (χ1) is 12.7. The number of nitrogens with one attached hydrogen (secondary N) is 3. The maximum Gasteiger partial charge on any atom is 0.212 e. The quantitative estimate of drug-likeness (QED) is 0.467. The zero-order valence-corrected chi connectivity index (χ0v) is 14.2. The lowest BCUT2D eigenvalue weighted by molar-refractivity contribution is 0.415. The molecule has 5 aromatic rings. The Balaban J connectivity index is 1.76. The van der Waals surface area contributed by atoms with Crippen molar-refractivity contribution in [2.24, 2.45) is 0 Å². The number of aromatic nitrogens is 5. The Bertz CT molecular complexity index is 1340. The van der Waals surface area contributed by atoms with Crippen LogP contribution < -0.4 is 15.5 Å². The average Bonchev–Trinajstić information content (AvgIpc) is 3.30. The van der Waals surface area contributed by atoms with Crippen LogP contribution >= 0.6 is 0 Å². The second-order valence-corrected chi connectivity index (χ2v) is 6.04. The van der Waals surface area contributed by atoms with Crippen LogP contribution in [0.4, 0.5) is 5.82 Å². The Kier molecular flexibility index (Phi) is 2.90. The first-order valence-electron chi connectivity index (χ1n) is 8.15. The molecule has 1 aromatic carbocycles. The van der Waals surface area contributed by atoms with Gasteiger partial charge in [0.05, 0.1) is 23.8 Å². The van der Waals surface area contributed by atoms with E-state index in [1.54, 1.807) is 19.4 Å². The molecule has 4 heterocycles. The molecule has 0 spiro atoms. The predicted molar refractivity (Wildman–Crippen MR) is 100 cm³/mol. The molecule has 0 saturated carbocycles. The average molecular weight is 348 g/mol. The van der Waals surface area contributed by atoms with Crippen molar-refractivity contribution in [3.63, 3.8) is 0 Å². The summed E-state index contributed by atoms with van der Waals surface area (Å²) in [5.74, 6) is 2.37. The van der Waals surface area contributed by atoms with Crippen molar-refractivity contribution in [3.05, 3.63) is 52.9 Å². The summed E-state index contributed by atoms with van der Waals surface area (Å²) in [7, 11) is 3.49. The summed E-state index contributed by atoms with van der Waals surface area (Å²) < 4.78 is 9.21. The minimum absolute atomic E-state index is 0.0418. The number of hydrogen-bond acceptors (Lipinski definition) is 4. The van der Waals surface area contributed by atoms with Crippen LogP contribution in [0.15, 0.2) is 47.5 Å².